The maximum Gasteiger partial charge on any atom is 0.387 e. The first-order chi connectivity index (χ1) is 13.3. The molecule has 0 saturated heterocycles. The minimum Gasteiger partial charge on any atom is -0.435 e. The van der Waals surface area contributed by atoms with Gasteiger partial charge in [-0.25, -0.2) is 0 Å². The van der Waals surface area contributed by atoms with Crippen LogP contribution in [0.1, 0.15) is 35.4 Å². The summed E-state index contributed by atoms with van der Waals surface area (Å²) in [4.78, 5) is 14.1. The maximum atomic E-state index is 12.5. The molecule has 0 radical (unpaired) electrons. The van der Waals surface area contributed by atoms with Crippen LogP contribution in [-0.4, -0.2) is 34.2 Å². The van der Waals surface area contributed by atoms with Gasteiger partial charge >= 0.3 is 6.61 Å². The van der Waals surface area contributed by atoms with E-state index in [2.05, 4.69) is 15.9 Å². The van der Waals surface area contributed by atoms with E-state index in [1.807, 2.05) is 18.5 Å². The molecular formula is C20H24F2N4O2. The van der Waals surface area contributed by atoms with Crippen molar-refractivity contribution in [3.05, 3.63) is 46.8 Å². The summed E-state index contributed by atoms with van der Waals surface area (Å²) in [6.07, 6.45) is 1.31. The number of ether oxygens (including phenoxy) is 1. The van der Waals surface area contributed by atoms with Gasteiger partial charge in [-0.2, -0.15) is 19.1 Å². The number of carbonyl (C=O) groups is 1. The number of halogens is 2. The number of aromatic nitrogens is 2. The fourth-order valence-corrected chi connectivity index (χ4v) is 3.03. The van der Waals surface area contributed by atoms with Crippen LogP contribution >= 0.6 is 0 Å². The standard InChI is InChI=1S/C20H24F2N4O2/c1-14-18(15(2)26(24-14)12-4-11-23)9-10-19(27)25(3)13-16-5-7-17(8-6-16)28-20(21)22/h5-8,20H,4,9-10,12-13H2,1-3H3. The lowest BCUT2D eigenvalue weighted by atomic mass is 10.1. The van der Waals surface area contributed by atoms with Crippen LogP contribution in [0.15, 0.2) is 24.3 Å². The molecule has 0 spiro atoms. The van der Waals surface area contributed by atoms with Crippen molar-refractivity contribution in [2.24, 2.45) is 0 Å². The Bertz CT molecular complexity index is 841. The molecule has 1 amide bonds. The Hall–Kier alpha value is -2.95. The van der Waals surface area contributed by atoms with Gasteiger partial charge in [-0.1, -0.05) is 12.1 Å². The summed E-state index contributed by atoms with van der Waals surface area (Å²) in [5.74, 6) is 0.0728. The summed E-state index contributed by atoms with van der Waals surface area (Å²) in [6, 6.07) is 8.35. The monoisotopic (exact) mass is 390 g/mol. The predicted octanol–water partition coefficient (Wildman–Crippen LogP) is 3.61. The van der Waals surface area contributed by atoms with Crippen LogP contribution in [0.2, 0.25) is 0 Å². The summed E-state index contributed by atoms with van der Waals surface area (Å²) in [7, 11) is 1.71. The van der Waals surface area contributed by atoms with Gasteiger partial charge in [0.2, 0.25) is 5.91 Å². The van der Waals surface area contributed by atoms with Crippen molar-refractivity contribution >= 4 is 5.91 Å². The molecule has 1 heterocycles. The number of hydrogen-bond acceptors (Lipinski definition) is 4. The third-order valence-electron chi connectivity index (χ3n) is 4.55. The van der Waals surface area contributed by atoms with Crippen molar-refractivity contribution in [1.29, 1.82) is 5.26 Å². The van der Waals surface area contributed by atoms with Gasteiger partial charge in [0, 0.05) is 25.7 Å². The van der Waals surface area contributed by atoms with E-state index in [-0.39, 0.29) is 11.7 Å². The molecule has 0 N–H and O–H groups in total. The molecule has 2 aromatic rings. The zero-order valence-corrected chi connectivity index (χ0v) is 16.3. The molecule has 0 bridgehead atoms. The van der Waals surface area contributed by atoms with Gasteiger partial charge in [0.1, 0.15) is 5.75 Å². The first kappa shape index (κ1) is 21.4. The Kier molecular flexibility index (Phi) is 7.50. The lowest BCUT2D eigenvalue weighted by Crippen LogP contribution is -2.26. The number of nitriles is 1. The van der Waals surface area contributed by atoms with Crippen LogP contribution in [0.4, 0.5) is 8.78 Å². The molecule has 0 aliphatic carbocycles. The van der Waals surface area contributed by atoms with Crippen LogP contribution in [0.25, 0.3) is 0 Å². The average molecular weight is 390 g/mol. The van der Waals surface area contributed by atoms with Gasteiger partial charge in [0.15, 0.2) is 0 Å². The Balaban J connectivity index is 1.91. The second-order valence-corrected chi connectivity index (χ2v) is 6.55. The van der Waals surface area contributed by atoms with Crippen molar-refractivity contribution in [2.75, 3.05) is 7.05 Å². The van der Waals surface area contributed by atoms with Crippen LogP contribution in [0, 0.1) is 25.2 Å². The third-order valence-corrected chi connectivity index (χ3v) is 4.55. The SMILES string of the molecule is Cc1nn(CCC#N)c(C)c1CCC(=O)N(C)Cc1ccc(OC(F)F)cc1. The second-order valence-electron chi connectivity index (χ2n) is 6.55. The number of rotatable bonds is 9. The van der Waals surface area contributed by atoms with E-state index in [1.54, 1.807) is 24.1 Å². The number of benzene rings is 1. The molecule has 8 heteroatoms. The average Bonchev–Trinajstić information content (AvgIpc) is 2.92. The quantitative estimate of drug-likeness (QED) is 0.656. The van der Waals surface area contributed by atoms with Crippen LogP contribution in [-0.2, 0) is 24.3 Å². The molecule has 0 aliphatic rings. The van der Waals surface area contributed by atoms with Crippen molar-refractivity contribution in [3.63, 3.8) is 0 Å². The highest BCUT2D eigenvalue weighted by Gasteiger charge is 2.15. The molecule has 0 fully saturated rings. The van der Waals surface area contributed by atoms with Crippen molar-refractivity contribution < 1.29 is 18.3 Å². The van der Waals surface area contributed by atoms with Crippen LogP contribution < -0.4 is 4.74 Å². The fourth-order valence-electron chi connectivity index (χ4n) is 3.03. The largest absolute Gasteiger partial charge is 0.435 e. The van der Waals surface area contributed by atoms with Gasteiger partial charge in [-0.15, -0.1) is 0 Å². The molecule has 0 saturated carbocycles. The molecule has 0 aliphatic heterocycles. The van der Waals surface area contributed by atoms with E-state index in [4.69, 9.17) is 5.26 Å². The minimum absolute atomic E-state index is 0.0171. The molecule has 1 aromatic carbocycles. The summed E-state index contributed by atoms with van der Waals surface area (Å²) in [6.45, 7) is 1.92. The van der Waals surface area contributed by atoms with Crippen molar-refractivity contribution in [2.45, 2.75) is 52.8 Å². The normalized spacial score (nSPS) is 10.8. The Labute approximate surface area is 163 Å². The number of hydrogen-bond donors (Lipinski definition) is 0. The summed E-state index contributed by atoms with van der Waals surface area (Å²) >= 11 is 0. The topological polar surface area (TPSA) is 71.2 Å². The fraction of sp³-hybridized carbons (Fsp3) is 0.450. The van der Waals surface area contributed by atoms with Crippen LogP contribution in [0.5, 0.6) is 5.75 Å². The molecule has 2 rings (SSSR count). The summed E-state index contributed by atoms with van der Waals surface area (Å²) in [5, 5.41) is 13.2. The lowest BCUT2D eigenvalue weighted by molar-refractivity contribution is -0.130. The van der Waals surface area contributed by atoms with E-state index in [0.29, 0.717) is 32.4 Å². The zero-order chi connectivity index (χ0) is 20.7. The van der Waals surface area contributed by atoms with E-state index >= 15 is 0 Å². The Morgan fingerprint density at radius 3 is 2.61 bits per heavy atom. The van der Waals surface area contributed by atoms with Gasteiger partial charge < -0.3 is 9.64 Å². The summed E-state index contributed by atoms with van der Waals surface area (Å²) < 4.78 is 30.5. The number of alkyl halides is 2. The van der Waals surface area contributed by atoms with Crippen molar-refractivity contribution in [3.8, 4) is 11.8 Å². The summed E-state index contributed by atoms with van der Waals surface area (Å²) in [5.41, 5.74) is 3.72. The molecule has 0 unspecified atom stereocenters. The smallest absolute Gasteiger partial charge is 0.387 e. The van der Waals surface area contributed by atoms with E-state index < -0.39 is 6.61 Å². The van der Waals surface area contributed by atoms with E-state index in [1.165, 1.54) is 12.1 Å². The van der Waals surface area contributed by atoms with Gasteiger partial charge in [0.25, 0.3) is 0 Å². The number of amides is 1. The number of carbonyl (C=O) groups excluding carboxylic acids is 1. The highest BCUT2D eigenvalue weighted by molar-refractivity contribution is 5.76. The minimum atomic E-state index is -2.86. The third kappa shape index (κ3) is 5.78. The molecule has 6 nitrogen and oxygen atoms in total. The first-order valence-corrected chi connectivity index (χ1v) is 8.99. The second kappa shape index (κ2) is 9.83. The van der Waals surface area contributed by atoms with Gasteiger partial charge in [0.05, 0.1) is 24.7 Å². The molecule has 150 valence electrons. The number of nitrogens with zero attached hydrogens (tertiary/aromatic N) is 4. The van der Waals surface area contributed by atoms with E-state index in [0.717, 1.165) is 22.5 Å². The maximum absolute atomic E-state index is 12.5. The zero-order valence-electron chi connectivity index (χ0n) is 16.3. The van der Waals surface area contributed by atoms with Gasteiger partial charge in [-0.3, -0.25) is 9.48 Å². The predicted molar refractivity (Wildman–Crippen MR) is 99.8 cm³/mol. The Morgan fingerprint density at radius 1 is 1.32 bits per heavy atom. The highest BCUT2D eigenvalue weighted by Crippen LogP contribution is 2.18. The number of aryl methyl sites for hydroxylation is 2. The molecule has 0 atom stereocenters. The Morgan fingerprint density at radius 2 is 2.00 bits per heavy atom. The lowest BCUT2D eigenvalue weighted by Gasteiger charge is -2.17. The first-order valence-electron chi connectivity index (χ1n) is 8.99. The molecular weight excluding hydrogens is 366 g/mol. The van der Waals surface area contributed by atoms with Crippen LogP contribution in [0.3, 0.4) is 0 Å². The molecule has 28 heavy (non-hydrogen) atoms. The van der Waals surface area contributed by atoms with Crippen molar-refractivity contribution in [1.82, 2.24) is 14.7 Å². The molecule has 1 aromatic heterocycles. The highest BCUT2D eigenvalue weighted by atomic mass is 19.3. The van der Waals surface area contributed by atoms with E-state index in [9.17, 15) is 13.6 Å². The van der Waals surface area contributed by atoms with Gasteiger partial charge in [-0.05, 0) is 43.5 Å².